The van der Waals surface area contributed by atoms with Crippen LogP contribution in [0.3, 0.4) is 0 Å². The minimum Gasteiger partial charge on any atom is -0.420 e. The summed E-state index contributed by atoms with van der Waals surface area (Å²) in [5.74, 6) is -0.662. The topological polar surface area (TPSA) is 102 Å². The Morgan fingerprint density at radius 1 is 1.50 bits per heavy atom. The van der Waals surface area contributed by atoms with Crippen LogP contribution in [0.1, 0.15) is 24.3 Å². The summed E-state index contributed by atoms with van der Waals surface area (Å²) in [5.41, 5.74) is 2.57. The van der Waals surface area contributed by atoms with E-state index in [9.17, 15) is 14.5 Å². The minimum absolute atomic E-state index is 0.0139. The quantitative estimate of drug-likeness (QED) is 0.756. The number of nitrogens with one attached hydrogen (secondary N) is 1. The van der Waals surface area contributed by atoms with E-state index in [1.807, 2.05) is 6.92 Å². The van der Waals surface area contributed by atoms with E-state index < -0.39 is 19.9 Å². The highest BCUT2D eigenvalue weighted by Gasteiger charge is 2.27. The number of likely N-dealkylation sites (N-methyl/N-ethyl adjacent to an activating group) is 1. The standard InChI is InChI=1S/C14H22N3O6P/c1-4-22-24(20)23-13-11(18)5-6-17-12(13)14(19)16(3)7-8-21-9-10(2)15-17/h5-6,10,15,20H,4,7-9H2,1-3H3. The van der Waals surface area contributed by atoms with Gasteiger partial charge in [0, 0.05) is 25.9 Å². The Morgan fingerprint density at radius 2 is 2.25 bits per heavy atom. The summed E-state index contributed by atoms with van der Waals surface area (Å²) >= 11 is 0. The Kier molecular flexibility index (Phi) is 6.56. The van der Waals surface area contributed by atoms with Gasteiger partial charge in [-0.1, -0.05) is 0 Å². The largest absolute Gasteiger partial charge is 0.420 e. The summed E-state index contributed by atoms with van der Waals surface area (Å²) in [6.07, 6.45) is 1.45. The Labute approximate surface area is 141 Å². The number of hydrogen-bond donors (Lipinski definition) is 2. The van der Waals surface area contributed by atoms with Gasteiger partial charge in [-0.25, -0.2) is 0 Å². The monoisotopic (exact) mass is 359 g/mol. The predicted octanol–water partition coefficient (Wildman–Crippen LogP) is 0.517. The minimum atomic E-state index is -2.30. The zero-order valence-electron chi connectivity index (χ0n) is 13.9. The van der Waals surface area contributed by atoms with Gasteiger partial charge in [-0.3, -0.25) is 14.3 Å². The van der Waals surface area contributed by atoms with Crippen LogP contribution in [-0.2, 0) is 9.26 Å². The molecule has 2 N–H and O–H groups in total. The lowest BCUT2D eigenvalue weighted by Crippen LogP contribution is -2.40. The molecule has 1 amide bonds. The number of amides is 1. The van der Waals surface area contributed by atoms with Crippen molar-refractivity contribution in [2.45, 2.75) is 19.9 Å². The molecule has 10 heteroatoms. The predicted molar refractivity (Wildman–Crippen MR) is 88.7 cm³/mol. The lowest BCUT2D eigenvalue weighted by atomic mass is 10.2. The van der Waals surface area contributed by atoms with Crippen LogP contribution in [0.5, 0.6) is 5.75 Å². The summed E-state index contributed by atoms with van der Waals surface area (Å²) in [4.78, 5) is 36.1. The maximum absolute atomic E-state index is 12.7. The number of ether oxygens (including phenoxy) is 1. The molecular weight excluding hydrogens is 337 g/mol. The van der Waals surface area contributed by atoms with Gasteiger partial charge in [0.25, 0.3) is 5.91 Å². The summed E-state index contributed by atoms with van der Waals surface area (Å²) in [5, 5.41) is 0. The number of carbonyl (C=O) groups excluding carboxylic acids is 1. The fourth-order valence-corrected chi connectivity index (χ4v) is 2.75. The molecule has 0 aliphatic carbocycles. The van der Waals surface area contributed by atoms with E-state index in [-0.39, 0.29) is 24.1 Å². The van der Waals surface area contributed by atoms with Gasteiger partial charge >= 0.3 is 8.60 Å². The highest BCUT2D eigenvalue weighted by molar-refractivity contribution is 7.41. The smallest absolute Gasteiger partial charge is 0.394 e. The van der Waals surface area contributed by atoms with E-state index in [1.54, 1.807) is 14.0 Å². The van der Waals surface area contributed by atoms with Crippen molar-refractivity contribution in [3.8, 4) is 5.75 Å². The summed E-state index contributed by atoms with van der Waals surface area (Å²) in [6.45, 7) is 4.99. The van der Waals surface area contributed by atoms with Crippen molar-refractivity contribution in [1.82, 2.24) is 9.58 Å². The molecule has 9 nitrogen and oxygen atoms in total. The van der Waals surface area contributed by atoms with Crippen LogP contribution < -0.4 is 15.4 Å². The number of nitrogens with zero attached hydrogens (tertiary/aromatic N) is 2. The normalized spacial score (nSPS) is 20.1. The first-order chi connectivity index (χ1) is 11.4. The molecule has 2 heterocycles. The Balaban J connectivity index is 2.49. The Hall–Kier alpha value is -1.67. The molecule has 2 atom stereocenters. The zero-order chi connectivity index (χ0) is 17.7. The van der Waals surface area contributed by atoms with Gasteiger partial charge in [0.15, 0.2) is 5.69 Å². The second-order valence-electron chi connectivity index (χ2n) is 5.31. The molecule has 0 bridgehead atoms. The second-order valence-corrected chi connectivity index (χ2v) is 6.22. The number of aromatic nitrogens is 1. The zero-order valence-corrected chi connectivity index (χ0v) is 14.8. The molecule has 0 saturated carbocycles. The van der Waals surface area contributed by atoms with Crippen molar-refractivity contribution in [1.29, 1.82) is 0 Å². The molecular formula is C14H22N3O6P. The number of fused-ring (bicyclic) bond motifs is 1. The SMILES string of the molecule is CCOP(O)Oc1c2n(ccc1=O)NC(C)COCCN(C)C2=O. The lowest BCUT2D eigenvalue weighted by Gasteiger charge is -2.27. The van der Waals surface area contributed by atoms with E-state index in [0.717, 1.165) is 0 Å². The molecule has 2 unspecified atom stereocenters. The molecule has 0 radical (unpaired) electrons. The molecule has 0 spiro atoms. The Morgan fingerprint density at radius 3 is 2.96 bits per heavy atom. The first-order valence-electron chi connectivity index (χ1n) is 7.59. The van der Waals surface area contributed by atoms with Gasteiger partial charge < -0.3 is 29.0 Å². The van der Waals surface area contributed by atoms with Crippen molar-refractivity contribution in [3.05, 3.63) is 28.2 Å². The van der Waals surface area contributed by atoms with Crippen LogP contribution in [0.25, 0.3) is 0 Å². The van der Waals surface area contributed by atoms with Crippen molar-refractivity contribution >= 4 is 14.5 Å². The molecule has 2 rings (SSSR count). The van der Waals surface area contributed by atoms with E-state index in [0.29, 0.717) is 19.8 Å². The van der Waals surface area contributed by atoms with Crippen LogP contribution in [0.2, 0.25) is 0 Å². The number of carbonyl (C=O) groups is 1. The second kappa shape index (κ2) is 8.43. The molecule has 24 heavy (non-hydrogen) atoms. The molecule has 134 valence electrons. The first-order valence-corrected chi connectivity index (χ1v) is 8.72. The van der Waals surface area contributed by atoms with Crippen molar-refractivity contribution in [3.63, 3.8) is 0 Å². The third-order valence-electron chi connectivity index (χ3n) is 3.31. The molecule has 0 fully saturated rings. The highest BCUT2D eigenvalue weighted by atomic mass is 31.2. The van der Waals surface area contributed by atoms with Crippen LogP contribution in [0.15, 0.2) is 17.1 Å². The maximum atomic E-state index is 12.7. The van der Waals surface area contributed by atoms with Crippen molar-refractivity contribution < 1.29 is 23.5 Å². The highest BCUT2D eigenvalue weighted by Crippen LogP contribution is 2.34. The third-order valence-corrected chi connectivity index (χ3v) is 4.13. The molecule has 1 aliphatic heterocycles. The van der Waals surface area contributed by atoms with Crippen LogP contribution >= 0.6 is 8.60 Å². The van der Waals surface area contributed by atoms with Crippen LogP contribution in [0.4, 0.5) is 0 Å². The number of pyridine rings is 1. The van der Waals surface area contributed by atoms with E-state index >= 15 is 0 Å². The Bertz CT molecular complexity index is 637. The van der Waals surface area contributed by atoms with Gasteiger partial charge in [0.1, 0.15) is 0 Å². The summed E-state index contributed by atoms with van der Waals surface area (Å²) in [7, 11) is -0.693. The number of rotatable bonds is 4. The van der Waals surface area contributed by atoms with E-state index in [4.69, 9.17) is 13.8 Å². The first kappa shape index (κ1) is 18.7. The van der Waals surface area contributed by atoms with Gasteiger partial charge in [0.2, 0.25) is 11.2 Å². The molecule has 1 aliphatic rings. The molecule has 0 aromatic carbocycles. The maximum Gasteiger partial charge on any atom is 0.394 e. The fraction of sp³-hybridized carbons (Fsp3) is 0.571. The van der Waals surface area contributed by atoms with E-state index in [2.05, 4.69) is 5.43 Å². The van der Waals surface area contributed by atoms with Crippen molar-refractivity contribution in [2.24, 2.45) is 0 Å². The number of hydrogen-bond acceptors (Lipinski definition) is 7. The summed E-state index contributed by atoms with van der Waals surface area (Å²) < 4.78 is 17.1. The van der Waals surface area contributed by atoms with Crippen LogP contribution in [0, 0.1) is 0 Å². The van der Waals surface area contributed by atoms with Crippen LogP contribution in [-0.4, -0.2) is 59.8 Å². The average Bonchev–Trinajstić information content (AvgIpc) is 2.53. The molecule has 1 aromatic rings. The van der Waals surface area contributed by atoms with Gasteiger partial charge in [-0.2, -0.15) is 0 Å². The fourth-order valence-electron chi connectivity index (χ4n) is 2.15. The van der Waals surface area contributed by atoms with Gasteiger partial charge in [-0.05, 0) is 13.8 Å². The van der Waals surface area contributed by atoms with Gasteiger partial charge in [0.05, 0.1) is 25.9 Å². The average molecular weight is 359 g/mol. The van der Waals surface area contributed by atoms with E-state index in [1.165, 1.54) is 21.8 Å². The van der Waals surface area contributed by atoms with Gasteiger partial charge in [-0.15, -0.1) is 0 Å². The summed E-state index contributed by atoms with van der Waals surface area (Å²) in [6, 6.07) is 1.16. The van der Waals surface area contributed by atoms with Crippen molar-refractivity contribution in [2.75, 3.05) is 38.8 Å². The third kappa shape index (κ3) is 4.45. The molecule has 1 aromatic heterocycles. The lowest BCUT2D eigenvalue weighted by molar-refractivity contribution is 0.0653. The molecule has 0 saturated heterocycles.